The fraction of sp³-hybridized carbons (Fsp3) is 0.500. The first-order valence-corrected chi connectivity index (χ1v) is 10.7. The van der Waals surface area contributed by atoms with Gasteiger partial charge >= 0.3 is 0 Å². The Kier molecular flexibility index (Phi) is 6.85. The summed E-state index contributed by atoms with van der Waals surface area (Å²) in [5, 5.41) is 15.6. The van der Waals surface area contributed by atoms with Gasteiger partial charge in [-0.3, -0.25) is 0 Å². The van der Waals surface area contributed by atoms with Crippen molar-refractivity contribution in [1.29, 1.82) is 0 Å². The van der Waals surface area contributed by atoms with Gasteiger partial charge in [-0.1, -0.05) is 29.8 Å². The van der Waals surface area contributed by atoms with Crippen molar-refractivity contribution < 1.29 is 13.5 Å². The van der Waals surface area contributed by atoms with Crippen molar-refractivity contribution in [3.8, 4) is 0 Å². The topological polar surface area (TPSA) is 85.1 Å². The van der Waals surface area contributed by atoms with E-state index in [1.54, 1.807) is 6.07 Å². The van der Waals surface area contributed by atoms with Gasteiger partial charge in [0.25, 0.3) is 0 Å². The molecule has 6 nitrogen and oxygen atoms in total. The van der Waals surface area contributed by atoms with Crippen LogP contribution in [0.5, 0.6) is 0 Å². The van der Waals surface area contributed by atoms with Gasteiger partial charge in [-0.2, -0.15) is 5.10 Å². The van der Waals surface area contributed by atoms with Crippen molar-refractivity contribution in [2.75, 3.05) is 12.1 Å². The van der Waals surface area contributed by atoms with Crippen molar-refractivity contribution in [2.45, 2.75) is 43.0 Å². The lowest BCUT2D eigenvalue weighted by molar-refractivity contribution is 0.00674. The molecule has 0 radical (unpaired) electrons. The molecule has 0 aliphatic heterocycles. The molecule has 0 aliphatic rings. The third-order valence-corrected chi connectivity index (χ3v) is 5.47. The number of aromatic nitrogens is 3. The van der Waals surface area contributed by atoms with Crippen molar-refractivity contribution in [1.82, 2.24) is 14.8 Å². The molecule has 0 bridgehead atoms. The van der Waals surface area contributed by atoms with E-state index in [4.69, 9.17) is 23.2 Å². The summed E-state index contributed by atoms with van der Waals surface area (Å²) in [6.45, 7) is 0.00289. The van der Waals surface area contributed by atoms with Gasteiger partial charge in [-0.25, -0.2) is 18.1 Å². The molecule has 1 heterocycles. The van der Waals surface area contributed by atoms with Crippen LogP contribution in [0, 0.1) is 0 Å². The third-order valence-electron chi connectivity index (χ3n) is 3.86. The highest BCUT2D eigenvalue weighted by Crippen LogP contribution is 2.27. The zero-order chi connectivity index (χ0) is 18.5. The molecule has 0 spiro atoms. The summed E-state index contributed by atoms with van der Waals surface area (Å²) >= 11 is 11.9. The molecule has 1 aromatic heterocycles. The van der Waals surface area contributed by atoms with E-state index in [1.165, 1.54) is 11.0 Å². The maximum absolute atomic E-state index is 11.8. The van der Waals surface area contributed by atoms with Crippen LogP contribution < -0.4 is 0 Å². The lowest BCUT2D eigenvalue weighted by Gasteiger charge is -2.29. The fourth-order valence-corrected chi connectivity index (χ4v) is 3.82. The molecule has 1 N–H and O–H groups in total. The lowest BCUT2D eigenvalue weighted by Crippen LogP contribution is -2.38. The quantitative estimate of drug-likeness (QED) is 0.511. The molecule has 2 rings (SSSR count). The normalized spacial score (nSPS) is 14.4. The minimum absolute atomic E-state index is 0.00289. The molecular weight excluding hydrogens is 385 g/mol. The summed E-state index contributed by atoms with van der Waals surface area (Å²) in [7, 11) is -3.54. The van der Waals surface area contributed by atoms with Crippen LogP contribution >= 0.6 is 23.2 Å². The number of unbranched alkanes of at least 4 members (excludes halogenated alkanes) is 1. The van der Waals surface area contributed by atoms with Crippen LogP contribution in [0.4, 0.5) is 0 Å². The predicted octanol–water partition coefficient (Wildman–Crippen LogP) is 2.72. The second kappa shape index (κ2) is 8.49. The van der Waals surface area contributed by atoms with Crippen LogP contribution in [-0.2, 0) is 22.8 Å². The Hall–Kier alpha value is -1.15. The number of hydrogen-bond acceptors (Lipinski definition) is 5. The Bertz CT molecular complexity index is 810. The molecule has 0 amide bonds. The molecule has 0 saturated carbocycles. The van der Waals surface area contributed by atoms with Crippen molar-refractivity contribution in [3.63, 3.8) is 0 Å². The van der Waals surface area contributed by atoms with Crippen LogP contribution in [0.25, 0.3) is 0 Å². The number of alkyl halides is 1. The Morgan fingerprint density at radius 3 is 2.64 bits per heavy atom. The van der Waals surface area contributed by atoms with Crippen LogP contribution in [0.2, 0.25) is 5.02 Å². The molecule has 138 valence electrons. The maximum Gasteiger partial charge on any atom is 0.245 e. The SMILES string of the molecule is CS(=O)(=O)c1ncnn1CC(O)(CCCCCl)Cc1ccccc1Cl. The number of halogens is 2. The molecule has 0 fully saturated rings. The molecule has 1 aromatic carbocycles. The first-order valence-electron chi connectivity index (χ1n) is 7.85. The zero-order valence-electron chi connectivity index (χ0n) is 13.9. The van der Waals surface area contributed by atoms with Gasteiger partial charge in [0.1, 0.15) is 6.33 Å². The summed E-state index contributed by atoms with van der Waals surface area (Å²) in [5.74, 6) is 0.500. The predicted molar refractivity (Wildman–Crippen MR) is 97.8 cm³/mol. The first kappa shape index (κ1) is 20.2. The van der Waals surface area contributed by atoms with Gasteiger partial charge in [0.15, 0.2) is 0 Å². The number of benzene rings is 1. The number of aliphatic hydroxyl groups is 1. The molecule has 0 saturated heterocycles. The smallest absolute Gasteiger partial charge is 0.245 e. The molecule has 25 heavy (non-hydrogen) atoms. The molecule has 2 aromatic rings. The highest BCUT2D eigenvalue weighted by molar-refractivity contribution is 7.90. The average Bonchev–Trinajstić information content (AvgIpc) is 2.98. The summed E-state index contributed by atoms with van der Waals surface area (Å²) in [6, 6.07) is 7.26. The van der Waals surface area contributed by atoms with E-state index in [9.17, 15) is 13.5 Å². The molecule has 9 heteroatoms. The van der Waals surface area contributed by atoms with Crippen molar-refractivity contribution in [2.24, 2.45) is 0 Å². The molecule has 0 aliphatic carbocycles. The summed E-state index contributed by atoms with van der Waals surface area (Å²) < 4.78 is 24.9. The Balaban J connectivity index is 2.29. The minimum Gasteiger partial charge on any atom is -0.388 e. The fourth-order valence-electron chi connectivity index (χ4n) is 2.70. The Morgan fingerprint density at radius 2 is 2.00 bits per heavy atom. The molecular formula is C16H21Cl2N3O3S. The van der Waals surface area contributed by atoms with E-state index in [1.807, 2.05) is 18.2 Å². The second-order valence-corrected chi connectivity index (χ2v) is 8.81. The van der Waals surface area contributed by atoms with Gasteiger partial charge < -0.3 is 5.11 Å². The number of sulfone groups is 1. The van der Waals surface area contributed by atoms with Crippen LogP contribution in [0.3, 0.4) is 0 Å². The highest BCUT2D eigenvalue weighted by atomic mass is 35.5. The first-order chi connectivity index (χ1) is 11.7. The van der Waals surface area contributed by atoms with Gasteiger partial charge in [0.2, 0.25) is 15.0 Å². The van der Waals surface area contributed by atoms with Crippen LogP contribution in [0.1, 0.15) is 24.8 Å². The van der Waals surface area contributed by atoms with E-state index in [-0.39, 0.29) is 18.1 Å². The molecule has 1 atom stereocenters. The van der Waals surface area contributed by atoms with E-state index < -0.39 is 15.4 Å². The van der Waals surface area contributed by atoms with Crippen molar-refractivity contribution in [3.05, 3.63) is 41.2 Å². The van der Waals surface area contributed by atoms with Gasteiger partial charge in [0, 0.05) is 23.6 Å². The summed E-state index contributed by atoms with van der Waals surface area (Å²) in [6.07, 6.45) is 4.40. The average molecular weight is 406 g/mol. The lowest BCUT2D eigenvalue weighted by atomic mass is 9.89. The standard InChI is InChI=1S/C16H21Cl2N3O3S/c1-25(23,24)15-19-12-20-21(15)11-16(22,8-4-5-9-17)10-13-6-2-3-7-14(13)18/h2-3,6-7,12,22H,4-5,8-11H2,1H3. The van der Waals surface area contributed by atoms with E-state index >= 15 is 0 Å². The van der Waals surface area contributed by atoms with Crippen molar-refractivity contribution >= 4 is 33.0 Å². The highest BCUT2D eigenvalue weighted by Gasteiger charge is 2.31. The third kappa shape index (κ3) is 5.67. The van der Waals surface area contributed by atoms with Crippen LogP contribution in [0.15, 0.2) is 35.7 Å². The number of hydrogen-bond donors (Lipinski definition) is 1. The zero-order valence-corrected chi connectivity index (χ0v) is 16.2. The number of nitrogens with zero attached hydrogens (tertiary/aromatic N) is 3. The minimum atomic E-state index is -3.54. The molecule has 1 unspecified atom stereocenters. The van der Waals surface area contributed by atoms with Gasteiger partial charge in [-0.05, 0) is 30.9 Å². The maximum atomic E-state index is 11.8. The van der Waals surface area contributed by atoms with Gasteiger partial charge in [-0.15, -0.1) is 11.6 Å². The summed E-state index contributed by atoms with van der Waals surface area (Å²) in [5.41, 5.74) is -0.428. The van der Waals surface area contributed by atoms with Crippen LogP contribution in [-0.4, -0.2) is 46.0 Å². The Labute approximate surface area is 157 Å². The van der Waals surface area contributed by atoms with E-state index in [2.05, 4.69) is 10.1 Å². The van der Waals surface area contributed by atoms with Gasteiger partial charge in [0.05, 0.1) is 12.1 Å². The second-order valence-electron chi connectivity index (χ2n) is 6.11. The van der Waals surface area contributed by atoms with E-state index in [0.717, 1.165) is 18.2 Å². The van der Waals surface area contributed by atoms with E-state index in [0.29, 0.717) is 23.7 Å². The largest absolute Gasteiger partial charge is 0.388 e. The Morgan fingerprint density at radius 1 is 1.28 bits per heavy atom. The summed E-state index contributed by atoms with van der Waals surface area (Å²) in [4.78, 5) is 3.80. The monoisotopic (exact) mass is 405 g/mol. The number of rotatable bonds is 9.